The van der Waals surface area contributed by atoms with E-state index in [1.807, 2.05) is 30.3 Å². The van der Waals surface area contributed by atoms with Crippen molar-refractivity contribution >= 4 is 50.4 Å². The summed E-state index contributed by atoms with van der Waals surface area (Å²) in [6.45, 7) is 0. The van der Waals surface area contributed by atoms with Crippen molar-refractivity contribution in [2.75, 3.05) is 5.32 Å². The summed E-state index contributed by atoms with van der Waals surface area (Å²) in [5.41, 5.74) is 1.75. The highest BCUT2D eigenvalue weighted by molar-refractivity contribution is 7.21. The highest BCUT2D eigenvalue weighted by Gasteiger charge is 2.20. The Morgan fingerprint density at radius 1 is 1.07 bits per heavy atom. The van der Waals surface area contributed by atoms with Crippen molar-refractivity contribution in [3.63, 3.8) is 0 Å². The standard InChI is InChI=1S/C20H12ClN3O3S/c21-14-10-9-12(20-23-15-6-2-4-8-18(15)28-20)11-16(14)22-19(25)13-5-1-3-7-17(13)24(26)27/h1-11H,(H,22,25). The van der Waals surface area contributed by atoms with Crippen LogP contribution in [0.5, 0.6) is 0 Å². The summed E-state index contributed by atoms with van der Waals surface area (Å²) in [4.78, 5) is 27.8. The minimum Gasteiger partial charge on any atom is -0.320 e. The zero-order valence-electron chi connectivity index (χ0n) is 14.3. The van der Waals surface area contributed by atoms with Gasteiger partial charge in [0.2, 0.25) is 0 Å². The molecule has 0 saturated carbocycles. The fraction of sp³-hybridized carbons (Fsp3) is 0. The number of nitrogens with one attached hydrogen (secondary N) is 1. The fourth-order valence-corrected chi connectivity index (χ4v) is 3.89. The number of nitro groups is 1. The zero-order chi connectivity index (χ0) is 19.7. The number of amides is 1. The number of fused-ring (bicyclic) bond motifs is 1. The van der Waals surface area contributed by atoms with E-state index in [0.717, 1.165) is 20.8 Å². The smallest absolute Gasteiger partial charge is 0.282 e. The Labute approximate surface area is 168 Å². The van der Waals surface area contributed by atoms with Gasteiger partial charge in [-0.05, 0) is 30.3 Å². The molecular weight excluding hydrogens is 398 g/mol. The Morgan fingerprint density at radius 2 is 1.82 bits per heavy atom. The molecule has 0 radical (unpaired) electrons. The molecule has 6 nitrogen and oxygen atoms in total. The van der Waals surface area contributed by atoms with Crippen LogP contribution < -0.4 is 5.32 Å². The molecule has 1 N–H and O–H groups in total. The number of rotatable bonds is 4. The van der Waals surface area contributed by atoms with E-state index < -0.39 is 10.8 Å². The number of hydrogen-bond acceptors (Lipinski definition) is 5. The molecule has 0 unspecified atom stereocenters. The van der Waals surface area contributed by atoms with Crippen molar-refractivity contribution in [1.29, 1.82) is 0 Å². The first-order valence-corrected chi connectivity index (χ1v) is 9.42. The number of hydrogen-bond donors (Lipinski definition) is 1. The van der Waals surface area contributed by atoms with Crippen LogP contribution in [0.3, 0.4) is 0 Å². The van der Waals surface area contributed by atoms with E-state index in [1.54, 1.807) is 18.2 Å². The summed E-state index contributed by atoms with van der Waals surface area (Å²) in [5.74, 6) is -0.601. The van der Waals surface area contributed by atoms with Crippen molar-refractivity contribution < 1.29 is 9.72 Å². The number of para-hydroxylation sites is 2. The lowest BCUT2D eigenvalue weighted by molar-refractivity contribution is -0.385. The molecule has 138 valence electrons. The van der Waals surface area contributed by atoms with Crippen LogP contribution in [0.15, 0.2) is 66.7 Å². The van der Waals surface area contributed by atoms with Gasteiger partial charge in [0.15, 0.2) is 0 Å². The Bertz CT molecular complexity index is 1190. The van der Waals surface area contributed by atoms with Crippen LogP contribution in [0.1, 0.15) is 10.4 Å². The number of carbonyl (C=O) groups excluding carboxylic acids is 1. The summed E-state index contributed by atoms with van der Waals surface area (Å²) < 4.78 is 1.05. The first-order valence-electron chi connectivity index (χ1n) is 8.23. The van der Waals surface area contributed by atoms with E-state index in [0.29, 0.717) is 10.7 Å². The number of halogens is 1. The second-order valence-corrected chi connectivity index (χ2v) is 7.35. The first-order chi connectivity index (χ1) is 13.5. The van der Waals surface area contributed by atoms with Gasteiger partial charge in [0, 0.05) is 11.6 Å². The summed E-state index contributed by atoms with van der Waals surface area (Å²) in [6.07, 6.45) is 0. The van der Waals surface area contributed by atoms with E-state index in [4.69, 9.17) is 11.6 Å². The van der Waals surface area contributed by atoms with Gasteiger partial charge in [-0.3, -0.25) is 14.9 Å². The normalized spacial score (nSPS) is 10.8. The number of carbonyl (C=O) groups is 1. The molecule has 28 heavy (non-hydrogen) atoms. The van der Waals surface area contributed by atoms with Crippen LogP contribution >= 0.6 is 22.9 Å². The summed E-state index contributed by atoms with van der Waals surface area (Å²) >= 11 is 7.76. The molecule has 1 heterocycles. The third kappa shape index (κ3) is 3.45. The largest absolute Gasteiger partial charge is 0.320 e. The summed E-state index contributed by atoms with van der Waals surface area (Å²) in [5, 5.41) is 15.0. The van der Waals surface area contributed by atoms with Crippen molar-refractivity contribution in [2.24, 2.45) is 0 Å². The lowest BCUT2D eigenvalue weighted by atomic mass is 10.1. The Balaban J connectivity index is 1.68. The van der Waals surface area contributed by atoms with E-state index in [-0.39, 0.29) is 11.3 Å². The van der Waals surface area contributed by atoms with Gasteiger partial charge in [-0.15, -0.1) is 11.3 Å². The highest BCUT2D eigenvalue weighted by atomic mass is 35.5. The minimum atomic E-state index is -0.601. The van der Waals surface area contributed by atoms with Gasteiger partial charge in [-0.2, -0.15) is 0 Å². The maximum absolute atomic E-state index is 12.6. The van der Waals surface area contributed by atoms with Crippen LogP contribution in [0.4, 0.5) is 11.4 Å². The van der Waals surface area contributed by atoms with Crippen LogP contribution in [-0.2, 0) is 0 Å². The number of anilines is 1. The SMILES string of the molecule is O=C(Nc1cc(-c2nc3ccccc3s2)ccc1Cl)c1ccccc1[N+](=O)[O-]. The van der Waals surface area contributed by atoms with E-state index in [9.17, 15) is 14.9 Å². The first kappa shape index (κ1) is 18.1. The molecule has 0 spiro atoms. The second kappa shape index (κ2) is 7.38. The molecule has 3 aromatic carbocycles. The number of nitro benzene ring substituents is 1. The van der Waals surface area contributed by atoms with E-state index in [1.165, 1.54) is 29.5 Å². The molecule has 8 heteroatoms. The molecule has 4 rings (SSSR count). The average molecular weight is 410 g/mol. The highest BCUT2D eigenvalue weighted by Crippen LogP contribution is 2.34. The Morgan fingerprint density at radius 3 is 2.61 bits per heavy atom. The predicted molar refractivity (Wildman–Crippen MR) is 111 cm³/mol. The summed E-state index contributed by atoms with van der Waals surface area (Å²) in [7, 11) is 0. The van der Waals surface area contributed by atoms with Gasteiger partial charge in [0.05, 0.1) is 25.8 Å². The van der Waals surface area contributed by atoms with Gasteiger partial charge in [0.25, 0.3) is 11.6 Å². The summed E-state index contributed by atoms with van der Waals surface area (Å²) in [6, 6.07) is 18.8. The van der Waals surface area contributed by atoms with Gasteiger partial charge in [0.1, 0.15) is 10.6 Å². The minimum absolute atomic E-state index is 0.0334. The van der Waals surface area contributed by atoms with E-state index in [2.05, 4.69) is 10.3 Å². The zero-order valence-corrected chi connectivity index (χ0v) is 15.8. The maximum Gasteiger partial charge on any atom is 0.282 e. The quantitative estimate of drug-likeness (QED) is 0.342. The van der Waals surface area contributed by atoms with Gasteiger partial charge >= 0.3 is 0 Å². The van der Waals surface area contributed by atoms with Gasteiger partial charge in [-0.25, -0.2) is 4.98 Å². The van der Waals surface area contributed by atoms with Crippen molar-refractivity contribution in [2.45, 2.75) is 0 Å². The molecule has 0 fully saturated rings. The van der Waals surface area contributed by atoms with Crippen molar-refractivity contribution in [3.8, 4) is 10.6 Å². The third-order valence-electron chi connectivity index (χ3n) is 4.10. The molecule has 0 atom stereocenters. The van der Waals surface area contributed by atoms with E-state index >= 15 is 0 Å². The molecule has 0 bridgehead atoms. The second-order valence-electron chi connectivity index (χ2n) is 5.91. The lowest BCUT2D eigenvalue weighted by Gasteiger charge is -2.09. The predicted octanol–water partition coefficient (Wildman–Crippen LogP) is 5.78. The molecule has 1 aromatic heterocycles. The average Bonchev–Trinajstić information content (AvgIpc) is 3.13. The lowest BCUT2D eigenvalue weighted by Crippen LogP contribution is -2.14. The third-order valence-corrected chi connectivity index (χ3v) is 5.52. The molecule has 0 saturated heterocycles. The van der Waals surface area contributed by atoms with Crippen LogP contribution in [0.2, 0.25) is 5.02 Å². The van der Waals surface area contributed by atoms with Crippen LogP contribution in [0.25, 0.3) is 20.8 Å². The number of nitrogens with zero attached hydrogens (tertiary/aromatic N) is 2. The molecule has 0 aliphatic heterocycles. The Hall–Kier alpha value is -3.29. The fourth-order valence-electron chi connectivity index (χ4n) is 2.76. The maximum atomic E-state index is 12.6. The topological polar surface area (TPSA) is 85.1 Å². The number of benzene rings is 3. The number of aromatic nitrogens is 1. The molecule has 1 amide bonds. The molecule has 0 aliphatic rings. The Kier molecular flexibility index (Phi) is 4.77. The van der Waals surface area contributed by atoms with Crippen LogP contribution in [0, 0.1) is 10.1 Å². The van der Waals surface area contributed by atoms with Crippen molar-refractivity contribution in [1.82, 2.24) is 4.98 Å². The van der Waals surface area contributed by atoms with Crippen molar-refractivity contribution in [3.05, 3.63) is 87.4 Å². The van der Waals surface area contributed by atoms with Gasteiger partial charge < -0.3 is 5.32 Å². The monoisotopic (exact) mass is 409 g/mol. The number of thiazole rings is 1. The van der Waals surface area contributed by atoms with Gasteiger partial charge in [-0.1, -0.05) is 41.9 Å². The molecule has 0 aliphatic carbocycles. The molecule has 4 aromatic rings. The molecular formula is C20H12ClN3O3S. The van der Waals surface area contributed by atoms with Crippen LogP contribution in [-0.4, -0.2) is 15.8 Å².